The Labute approximate surface area is 200 Å². The summed E-state index contributed by atoms with van der Waals surface area (Å²) in [6, 6.07) is 16.6. The van der Waals surface area contributed by atoms with Crippen LogP contribution in [-0.4, -0.2) is 21.4 Å². The summed E-state index contributed by atoms with van der Waals surface area (Å²) in [5, 5.41) is 3.15. The maximum atomic E-state index is 12.9. The number of aryl methyl sites for hydroxylation is 2. The molecule has 33 heavy (non-hydrogen) atoms. The summed E-state index contributed by atoms with van der Waals surface area (Å²) in [6.07, 6.45) is 0.684. The molecule has 3 rings (SSSR count). The molecule has 0 aliphatic rings. The van der Waals surface area contributed by atoms with E-state index in [-0.39, 0.29) is 33.1 Å². The van der Waals surface area contributed by atoms with E-state index < -0.39 is 10.0 Å². The van der Waals surface area contributed by atoms with Gasteiger partial charge < -0.3 is 10.1 Å². The molecule has 1 unspecified atom stereocenters. The molecule has 0 spiro atoms. The first-order valence-electron chi connectivity index (χ1n) is 10.5. The number of halogens is 1. The minimum Gasteiger partial charge on any atom is -0.496 e. The quantitative estimate of drug-likeness (QED) is 0.431. The first kappa shape index (κ1) is 24.6. The van der Waals surface area contributed by atoms with Gasteiger partial charge in [0.05, 0.1) is 34.3 Å². The molecule has 1 amide bonds. The van der Waals surface area contributed by atoms with E-state index in [9.17, 15) is 13.2 Å². The minimum absolute atomic E-state index is 0.145. The fourth-order valence-electron chi connectivity index (χ4n) is 3.47. The molecule has 0 saturated carbocycles. The molecule has 174 valence electrons. The second-order valence-electron chi connectivity index (χ2n) is 7.78. The van der Waals surface area contributed by atoms with Gasteiger partial charge in [0.15, 0.2) is 0 Å². The zero-order valence-electron chi connectivity index (χ0n) is 19.0. The summed E-state index contributed by atoms with van der Waals surface area (Å²) in [6.45, 7) is 5.81. The molecule has 0 saturated heterocycles. The van der Waals surface area contributed by atoms with Gasteiger partial charge >= 0.3 is 0 Å². The number of nitrogens with one attached hydrogen (secondary N) is 2. The van der Waals surface area contributed by atoms with Crippen molar-refractivity contribution in [3.63, 3.8) is 0 Å². The van der Waals surface area contributed by atoms with E-state index in [4.69, 9.17) is 16.3 Å². The highest BCUT2D eigenvalue weighted by Crippen LogP contribution is 2.27. The lowest BCUT2D eigenvalue weighted by atomic mass is 10.0. The molecule has 0 aliphatic heterocycles. The van der Waals surface area contributed by atoms with Crippen molar-refractivity contribution in [2.45, 2.75) is 38.1 Å². The van der Waals surface area contributed by atoms with Crippen molar-refractivity contribution in [3.8, 4) is 5.75 Å². The number of ether oxygens (including phenoxy) is 1. The molecule has 0 radical (unpaired) electrons. The first-order chi connectivity index (χ1) is 15.6. The van der Waals surface area contributed by atoms with Gasteiger partial charge in [0.25, 0.3) is 15.9 Å². The minimum atomic E-state index is -3.77. The van der Waals surface area contributed by atoms with Crippen molar-refractivity contribution in [1.82, 2.24) is 5.32 Å². The first-order valence-corrected chi connectivity index (χ1v) is 12.3. The monoisotopic (exact) mass is 486 g/mol. The van der Waals surface area contributed by atoms with Gasteiger partial charge in [-0.05, 0) is 67.8 Å². The second kappa shape index (κ2) is 10.3. The van der Waals surface area contributed by atoms with Crippen LogP contribution in [0.5, 0.6) is 5.75 Å². The third-order valence-corrected chi connectivity index (χ3v) is 7.04. The second-order valence-corrected chi connectivity index (χ2v) is 9.87. The smallest absolute Gasteiger partial charge is 0.261 e. The van der Waals surface area contributed by atoms with Crippen molar-refractivity contribution in [1.29, 1.82) is 0 Å². The van der Waals surface area contributed by atoms with E-state index in [0.29, 0.717) is 6.42 Å². The van der Waals surface area contributed by atoms with Crippen LogP contribution in [0.1, 0.15) is 46.4 Å². The summed E-state index contributed by atoms with van der Waals surface area (Å²) in [4.78, 5) is 13.1. The van der Waals surface area contributed by atoms with Gasteiger partial charge in [-0.1, -0.05) is 48.4 Å². The number of methoxy groups -OCH3 is 1. The Hall–Kier alpha value is -3.03. The van der Waals surface area contributed by atoms with E-state index in [0.717, 1.165) is 22.4 Å². The number of carbonyl (C=O) groups excluding carboxylic acids is 1. The summed E-state index contributed by atoms with van der Waals surface area (Å²) < 4.78 is 33.0. The molecule has 0 aliphatic carbocycles. The van der Waals surface area contributed by atoms with Gasteiger partial charge in [0.1, 0.15) is 5.75 Å². The topological polar surface area (TPSA) is 84.5 Å². The van der Waals surface area contributed by atoms with Crippen molar-refractivity contribution in [3.05, 3.63) is 87.9 Å². The third kappa shape index (κ3) is 5.86. The highest BCUT2D eigenvalue weighted by Gasteiger charge is 2.19. The van der Waals surface area contributed by atoms with Crippen LogP contribution >= 0.6 is 11.6 Å². The molecule has 0 bridgehead atoms. The molecular formula is C25H27ClN2O4S. The lowest BCUT2D eigenvalue weighted by molar-refractivity contribution is 0.0935. The fourth-order valence-corrected chi connectivity index (χ4v) is 4.79. The van der Waals surface area contributed by atoms with Gasteiger partial charge in [-0.25, -0.2) is 8.42 Å². The standard InChI is InChI=1S/C25H27ClN2O4S/c1-5-23(18-8-13-24(32-4)17(3)14-18)27-25(29)21-12-9-19(15-22(21)26)28-33(30,31)20-10-6-16(2)7-11-20/h6-15,23,28H,5H2,1-4H3,(H,27,29). The van der Waals surface area contributed by atoms with Gasteiger partial charge in [-0.15, -0.1) is 0 Å². The van der Waals surface area contributed by atoms with E-state index in [1.807, 2.05) is 39.0 Å². The van der Waals surface area contributed by atoms with Gasteiger partial charge in [-0.3, -0.25) is 9.52 Å². The van der Waals surface area contributed by atoms with Gasteiger partial charge in [0, 0.05) is 0 Å². The molecule has 2 N–H and O–H groups in total. The Kier molecular flexibility index (Phi) is 7.66. The highest BCUT2D eigenvalue weighted by molar-refractivity contribution is 7.92. The van der Waals surface area contributed by atoms with Gasteiger partial charge in [-0.2, -0.15) is 0 Å². The zero-order chi connectivity index (χ0) is 24.2. The number of hydrogen-bond acceptors (Lipinski definition) is 4. The average molecular weight is 487 g/mol. The fraction of sp³-hybridized carbons (Fsp3) is 0.240. The predicted molar refractivity (Wildman–Crippen MR) is 132 cm³/mol. The molecule has 0 fully saturated rings. The van der Waals surface area contributed by atoms with Crippen LogP contribution in [0.15, 0.2) is 65.6 Å². The SMILES string of the molecule is CCC(NC(=O)c1ccc(NS(=O)(=O)c2ccc(C)cc2)cc1Cl)c1ccc(OC)c(C)c1. The highest BCUT2D eigenvalue weighted by atomic mass is 35.5. The van der Waals surface area contributed by atoms with Crippen LogP contribution in [-0.2, 0) is 10.0 Å². The van der Waals surface area contributed by atoms with Crippen LogP contribution in [0.4, 0.5) is 5.69 Å². The normalized spacial score (nSPS) is 12.2. The maximum absolute atomic E-state index is 12.9. The van der Waals surface area contributed by atoms with Crippen LogP contribution in [0, 0.1) is 13.8 Å². The predicted octanol–water partition coefficient (Wildman–Crippen LogP) is 5.65. The Morgan fingerprint density at radius 2 is 1.73 bits per heavy atom. The summed E-state index contributed by atoms with van der Waals surface area (Å²) in [7, 11) is -2.15. The van der Waals surface area contributed by atoms with E-state index >= 15 is 0 Å². The largest absolute Gasteiger partial charge is 0.496 e. The van der Waals surface area contributed by atoms with E-state index in [1.165, 1.54) is 30.3 Å². The number of benzene rings is 3. The number of anilines is 1. The molecule has 6 nitrogen and oxygen atoms in total. The summed E-state index contributed by atoms with van der Waals surface area (Å²) >= 11 is 6.35. The third-order valence-electron chi connectivity index (χ3n) is 5.33. The Balaban J connectivity index is 1.76. The van der Waals surface area contributed by atoms with Crippen LogP contribution in [0.2, 0.25) is 5.02 Å². The molecule has 3 aromatic carbocycles. The van der Waals surface area contributed by atoms with Crippen LogP contribution < -0.4 is 14.8 Å². The number of amides is 1. The molecular weight excluding hydrogens is 460 g/mol. The number of hydrogen-bond donors (Lipinski definition) is 2. The lowest BCUT2D eigenvalue weighted by Crippen LogP contribution is -2.28. The van der Waals surface area contributed by atoms with E-state index in [2.05, 4.69) is 10.0 Å². The van der Waals surface area contributed by atoms with Gasteiger partial charge in [0.2, 0.25) is 0 Å². The van der Waals surface area contributed by atoms with Crippen molar-refractivity contribution >= 4 is 33.2 Å². The number of rotatable bonds is 8. The zero-order valence-corrected chi connectivity index (χ0v) is 20.5. The van der Waals surface area contributed by atoms with Crippen molar-refractivity contribution < 1.29 is 17.9 Å². The number of carbonyl (C=O) groups is 1. The van der Waals surface area contributed by atoms with Crippen molar-refractivity contribution in [2.24, 2.45) is 0 Å². The Morgan fingerprint density at radius 3 is 2.30 bits per heavy atom. The molecule has 8 heteroatoms. The summed E-state index contributed by atoms with van der Waals surface area (Å²) in [5.74, 6) is 0.444. The summed E-state index contributed by atoms with van der Waals surface area (Å²) in [5.41, 5.74) is 3.44. The Morgan fingerprint density at radius 1 is 1.03 bits per heavy atom. The lowest BCUT2D eigenvalue weighted by Gasteiger charge is -2.19. The van der Waals surface area contributed by atoms with Crippen LogP contribution in [0.3, 0.4) is 0 Å². The van der Waals surface area contributed by atoms with Crippen LogP contribution in [0.25, 0.3) is 0 Å². The molecule has 3 aromatic rings. The molecule has 0 aromatic heterocycles. The average Bonchev–Trinajstić information content (AvgIpc) is 2.77. The number of sulfonamides is 1. The molecule has 1 atom stereocenters. The Bertz CT molecular complexity index is 1260. The van der Waals surface area contributed by atoms with E-state index in [1.54, 1.807) is 19.2 Å². The molecule has 0 heterocycles. The maximum Gasteiger partial charge on any atom is 0.261 e. The van der Waals surface area contributed by atoms with Crippen molar-refractivity contribution in [2.75, 3.05) is 11.8 Å².